The van der Waals surface area contributed by atoms with Gasteiger partial charge >= 0.3 is 0 Å². The summed E-state index contributed by atoms with van der Waals surface area (Å²) in [7, 11) is 3.42. The lowest BCUT2D eigenvalue weighted by molar-refractivity contribution is -0.144. The zero-order chi connectivity index (χ0) is 13.7. The molecule has 0 radical (unpaired) electrons. The standard InChI is InChI=1S/C14H20N2O3/c1-16(14(17)13-9-15-7-8-19-13)10-11-5-3-4-6-12(11)18-2/h3-6,13,15H,7-10H2,1-2H3. The number of rotatable bonds is 4. The Kier molecular flexibility index (Phi) is 4.76. The average molecular weight is 264 g/mol. The van der Waals surface area contributed by atoms with Crippen molar-refractivity contribution in [2.75, 3.05) is 33.9 Å². The van der Waals surface area contributed by atoms with Crippen molar-refractivity contribution in [1.29, 1.82) is 0 Å². The van der Waals surface area contributed by atoms with Crippen LogP contribution in [-0.2, 0) is 16.1 Å². The van der Waals surface area contributed by atoms with Crippen LogP contribution in [0.2, 0.25) is 0 Å². The van der Waals surface area contributed by atoms with Crippen LogP contribution < -0.4 is 10.1 Å². The highest BCUT2D eigenvalue weighted by Crippen LogP contribution is 2.19. The number of hydrogen-bond donors (Lipinski definition) is 1. The molecule has 19 heavy (non-hydrogen) atoms. The highest BCUT2D eigenvalue weighted by molar-refractivity contribution is 5.81. The van der Waals surface area contributed by atoms with Crippen LogP contribution in [0, 0.1) is 0 Å². The molecule has 1 aromatic rings. The second-order valence-electron chi connectivity index (χ2n) is 4.57. The van der Waals surface area contributed by atoms with E-state index >= 15 is 0 Å². The van der Waals surface area contributed by atoms with Gasteiger partial charge in [-0.05, 0) is 6.07 Å². The second-order valence-corrected chi connectivity index (χ2v) is 4.57. The quantitative estimate of drug-likeness (QED) is 0.867. The maximum atomic E-state index is 12.2. The van der Waals surface area contributed by atoms with Crippen LogP contribution in [0.4, 0.5) is 0 Å². The summed E-state index contributed by atoms with van der Waals surface area (Å²) in [4.78, 5) is 13.9. The van der Waals surface area contributed by atoms with Gasteiger partial charge in [0.15, 0.2) is 0 Å². The predicted octanol–water partition coefficient (Wildman–Crippen LogP) is 0.642. The Labute approximate surface area is 113 Å². The molecule has 0 aromatic heterocycles. The molecule has 5 nitrogen and oxygen atoms in total. The van der Waals surface area contributed by atoms with Gasteiger partial charge in [-0.2, -0.15) is 0 Å². The largest absolute Gasteiger partial charge is 0.496 e. The van der Waals surface area contributed by atoms with Crippen molar-refractivity contribution in [3.05, 3.63) is 29.8 Å². The molecular formula is C14H20N2O3. The zero-order valence-corrected chi connectivity index (χ0v) is 11.4. The normalized spacial score (nSPS) is 18.9. The number of benzene rings is 1. The summed E-state index contributed by atoms with van der Waals surface area (Å²) < 4.78 is 10.8. The first-order chi connectivity index (χ1) is 9.22. The van der Waals surface area contributed by atoms with Crippen LogP contribution in [-0.4, -0.2) is 50.8 Å². The van der Waals surface area contributed by atoms with Crippen LogP contribution in [0.1, 0.15) is 5.56 Å². The Morgan fingerprint density at radius 2 is 2.32 bits per heavy atom. The Bertz CT molecular complexity index is 430. The van der Waals surface area contributed by atoms with Gasteiger partial charge < -0.3 is 19.7 Å². The van der Waals surface area contributed by atoms with E-state index in [4.69, 9.17) is 9.47 Å². The Hall–Kier alpha value is -1.59. The SMILES string of the molecule is COc1ccccc1CN(C)C(=O)C1CNCCO1. The molecule has 0 saturated carbocycles. The monoisotopic (exact) mass is 264 g/mol. The fourth-order valence-electron chi connectivity index (χ4n) is 2.14. The van der Waals surface area contributed by atoms with Gasteiger partial charge in [0, 0.05) is 32.2 Å². The molecule has 1 saturated heterocycles. The fourth-order valence-corrected chi connectivity index (χ4v) is 2.14. The number of nitrogens with one attached hydrogen (secondary N) is 1. The molecule has 1 unspecified atom stereocenters. The predicted molar refractivity (Wildman–Crippen MR) is 72.1 cm³/mol. The number of likely N-dealkylation sites (N-methyl/N-ethyl adjacent to an activating group) is 1. The molecular weight excluding hydrogens is 244 g/mol. The minimum atomic E-state index is -0.381. The van der Waals surface area contributed by atoms with Gasteiger partial charge in [0.25, 0.3) is 5.91 Å². The van der Waals surface area contributed by atoms with Crippen molar-refractivity contribution in [2.45, 2.75) is 12.6 Å². The van der Waals surface area contributed by atoms with Gasteiger partial charge in [-0.1, -0.05) is 18.2 Å². The molecule has 2 rings (SSSR count). The van der Waals surface area contributed by atoms with Crippen molar-refractivity contribution in [1.82, 2.24) is 10.2 Å². The summed E-state index contributed by atoms with van der Waals surface area (Å²) in [5, 5.41) is 3.16. The lowest BCUT2D eigenvalue weighted by Crippen LogP contribution is -2.48. The van der Waals surface area contributed by atoms with E-state index in [1.54, 1.807) is 19.1 Å². The second kappa shape index (κ2) is 6.54. The van der Waals surface area contributed by atoms with Crippen molar-refractivity contribution in [3.63, 3.8) is 0 Å². The van der Waals surface area contributed by atoms with Crippen LogP contribution in [0.3, 0.4) is 0 Å². The number of nitrogens with zero attached hydrogens (tertiary/aromatic N) is 1. The summed E-state index contributed by atoms with van der Waals surface area (Å²) >= 11 is 0. The topological polar surface area (TPSA) is 50.8 Å². The number of carbonyl (C=O) groups is 1. The molecule has 1 aromatic carbocycles. The van der Waals surface area contributed by atoms with E-state index in [1.807, 2.05) is 24.3 Å². The fraction of sp³-hybridized carbons (Fsp3) is 0.500. The van der Waals surface area contributed by atoms with Crippen molar-refractivity contribution in [3.8, 4) is 5.75 Å². The maximum Gasteiger partial charge on any atom is 0.253 e. The smallest absolute Gasteiger partial charge is 0.253 e. The molecule has 1 aliphatic heterocycles. The summed E-state index contributed by atoms with van der Waals surface area (Å²) in [6.45, 7) is 2.48. The van der Waals surface area contributed by atoms with Gasteiger partial charge in [-0.3, -0.25) is 4.79 Å². The molecule has 1 aliphatic rings. The lowest BCUT2D eigenvalue weighted by atomic mass is 10.1. The molecule has 0 spiro atoms. The molecule has 104 valence electrons. The highest BCUT2D eigenvalue weighted by Gasteiger charge is 2.25. The van der Waals surface area contributed by atoms with Crippen LogP contribution in [0.15, 0.2) is 24.3 Å². The first-order valence-corrected chi connectivity index (χ1v) is 6.41. The van der Waals surface area contributed by atoms with Gasteiger partial charge in [0.1, 0.15) is 11.9 Å². The number of hydrogen-bond acceptors (Lipinski definition) is 4. The summed E-state index contributed by atoms with van der Waals surface area (Å²) in [5.41, 5.74) is 0.990. The highest BCUT2D eigenvalue weighted by atomic mass is 16.5. The summed E-state index contributed by atoms with van der Waals surface area (Å²) in [6, 6.07) is 7.71. The van der Waals surface area contributed by atoms with E-state index < -0.39 is 0 Å². The molecule has 1 N–H and O–H groups in total. The van der Waals surface area contributed by atoms with Crippen molar-refractivity contribution in [2.24, 2.45) is 0 Å². The maximum absolute atomic E-state index is 12.2. The van der Waals surface area contributed by atoms with E-state index in [0.717, 1.165) is 17.9 Å². The number of para-hydroxylation sites is 1. The van der Waals surface area contributed by atoms with E-state index in [9.17, 15) is 4.79 Å². The number of methoxy groups -OCH3 is 1. The third-order valence-corrected chi connectivity index (χ3v) is 3.18. The molecule has 1 heterocycles. The minimum absolute atomic E-state index is 0.00175. The van der Waals surface area contributed by atoms with Gasteiger partial charge in [0.05, 0.1) is 13.7 Å². The third-order valence-electron chi connectivity index (χ3n) is 3.18. The molecule has 1 atom stereocenters. The first-order valence-electron chi connectivity index (χ1n) is 6.41. The molecule has 5 heteroatoms. The Morgan fingerprint density at radius 1 is 1.53 bits per heavy atom. The van der Waals surface area contributed by atoms with Crippen LogP contribution >= 0.6 is 0 Å². The molecule has 1 amide bonds. The number of amides is 1. The van der Waals surface area contributed by atoms with Gasteiger partial charge in [-0.25, -0.2) is 0 Å². The molecule has 0 aliphatic carbocycles. The van der Waals surface area contributed by atoms with Crippen molar-refractivity contribution < 1.29 is 14.3 Å². The minimum Gasteiger partial charge on any atom is -0.496 e. The van der Waals surface area contributed by atoms with Crippen LogP contribution in [0.25, 0.3) is 0 Å². The van der Waals surface area contributed by atoms with Gasteiger partial charge in [-0.15, -0.1) is 0 Å². The molecule has 1 fully saturated rings. The number of morpholine rings is 1. The average Bonchev–Trinajstić information content (AvgIpc) is 2.48. The molecule has 0 bridgehead atoms. The van der Waals surface area contributed by atoms with E-state index in [2.05, 4.69) is 5.32 Å². The third kappa shape index (κ3) is 3.45. The number of ether oxygens (including phenoxy) is 2. The van der Waals surface area contributed by atoms with E-state index in [-0.39, 0.29) is 12.0 Å². The summed E-state index contributed by atoms with van der Waals surface area (Å²) in [5.74, 6) is 0.794. The Morgan fingerprint density at radius 3 is 3.00 bits per heavy atom. The van der Waals surface area contributed by atoms with Crippen molar-refractivity contribution >= 4 is 5.91 Å². The zero-order valence-electron chi connectivity index (χ0n) is 11.4. The van der Waals surface area contributed by atoms with E-state index in [0.29, 0.717) is 19.7 Å². The van der Waals surface area contributed by atoms with E-state index in [1.165, 1.54) is 0 Å². The Balaban J connectivity index is 1.99. The lowest BCUT2D eigenvalue weighted by Gasteiger charge is -2.27. The van der Waals surface area contributed by atoms with Crippen LogP contribution in [0.5, 0.6) is 5.75 Å². The first kappa shape index (κ1) is 13.8. The number of carbonyl (C=O) groups excluding carboxylic acids is 1. The summed E-state index contributed by atoms with van der Waals surface area (Å²) in [6.07, 6.45) is -0.381. The van der Waals surface area contributed by atoms with Gasteiger partial charge in [0.2, 0.25) is 0 Å².